The molecule has 0 spiro atoms. The summed E-state index contributed by atoms with van der Waals surface area (Å²) in [5.74, 6) is 0.330. The lowest BCUT2D eigenvalue weighted by atomic mass is 10.1. The summed E-state index contributed by atoms with van der Waals surface area (Å²) in [6.45, 7) is 1.78. The number of aromatic amines is 2. The molecular formula is C13H13Cl2N3O. The molecule has 19 heavy (non-hydrogen) atoms. The molecule has 2 N–H and O–H groups in total. The Morgan fingerprint density at radius 1 is 1.11 bits per heavy atom. The monoisotopic (exact) mass is 297 g/mol. The minimum atomic E-state index is -0.0840. The maximum Gasteiger partial charge on any atom is 0.264 e. The van der Waals surface area contributed by atoms with E-state index in [0.717, 1.165) is 30.9 Å². The number of rotatable bonds is 2. The Morgan fingerprint density at radius 2 is 1.84 bits per heavy atom. The second-order valence-electron chi connectivity index (χ2n) is 4.77. The first-order valence-corrected chi connectivity index (χ1v) is 6.86. The largest absolute Gasteiger partial charge is 0.371 e. The number of halogens is 2. The molecule has 2 aromatic rings. The quantitative estimate of drug-likeness (QED) is 0.895. The average molecular weight is 298 g/mol. The number of anilines is 1. The van der Waals surface area contributed by atoms with Crippen LogP contribution in [0.4, 0.5) is 5.69 Å². The van der Waals surface area contributed by atoms with Gasteiger partial charge in [-0.3, -0.25) is 9.89 Å². The molecule has 0 bridgehead atoms. The Bertz CT molecular complexity index is 629. The van der Waals surface area contributed by atoms with Crippen LogP contribution in [0.2, 0.25) is 10.0 Å². The second-order valence-corrected chi connectivity index (χ2v) is 5.65. The molecule has 1 aliphatic rings. The van der Waals surface area contributed by atoms with Crippen molar-refractivity contribution < 1.29 is 0 Å². The molecule has 0 radical (unpaired) electrons. The molecule has 1 atom stereocenters. The lowest BCUT2D eigenvalue weighted by Crippen LogP contribution is -2.19. The zero-order valence-corrected chi connectivity index (χ0v) is 11.6. The van der Waals surface area contributed by atoms with E-state index in [0.29, 0.717) is 16.0 Å². The Labute approximate surface area is 120 Å². The zero-order chi connectivity index (χ0) is 13.4. The van der Waals surface area contributed by atoms with Gasteiger partial charge in [-0.2, -0.15) is 0 Å². The third-order valence-electron chi connectivity index (χ3n) is 3.46. The molecule has 3 rings (SSSR count). The summed E-state index contributed by atoms with van der Waals surface area (Å²) in [6.07, 6.45) is 0.998. The predicted molar refractivity (Wildman–Crippen MR) is 77.4 cm³/mol. The van der Waals surface area contributed by atoms with Gasteiger partial charge in [0, 0.05) is 46.5 Å². The van der Waals surface area contributed by atoms with Crippen molar-refractivity contribution in [2.24, 2.45) is 0 Å². The lowest BCUT2D eigenvalue weighted by Gasteiger charge is -2.19. The van der Waals surface area contributed by atoms with E-state index in [9.17, 15) is 4.79 Å². The van der Waals surface area contributed by atoms with Crippen LogP contribution in [0.25, 0.3) is 0 Å². The van der Waals surface area contributed by atoms with E-state index in [-0.39, 0.29) is 5.56 Å². The van der Waals surface area contributed by atoms with Gasteiger partial charge in [0.25, 0.3) is 5.56 Å². The van der Waals surface area contributed by atoms with Crippen LogP contribution < -0.4 is 10.5 Å². The van der Waals surface area contributed by atoms with Crippen LogP contribution in [-0.4, -0.2) is 23.3 Å². The maximum atomic E-state index is 11.2. The number of aromatic nitrogens is 2. The summed E-state index contributed by atoms with van der Waals surface area (Å²) >= 11 is 12.0. The summed E-state index contributed by atoms with van der Waals surface area (Å²) in [7, 11) is 0. The number of H-pyrrole nitrogens is 2. The third-order valence-corrected chi connectivity index (χ3v) is 3.89. The van der Waals surface area contributed by atoms with Crippen molar-refractivity contribution in [3.63, 3.8) is 0 Å². The standard InChI is InChI=1S/C13H13Cl2N3O/c14-9-3-10(15)5-11(4-9)18-2-1-8(7-18)12-6-13(19)17-16-12/h3-6,8H,1-2,7H2,(H2,16,17,19). The van der Waals surface area contributed by atoms with Gasteiger partial charge in [0.15, 0.2) is 0 Å². The van der Waals surface area contributed by atoms with Crippen LogP contribution in [0.5, 0.6) is 0 Å². The highest BCUT2D eigenvalue weighted by atomic mass is 35.5. The first-order chi connectivity index (χ1) is 9.11. The summed E-state index contributed by atoms with van der Waals surface area (Å²) in [4.78, 5) is 13.4. The van der Waals surface area contributed by atoms with E-state index in [2.05, 4.69) is 15.1 Å². The van der Waals surface area contributed by atoms with Gasteiger partial charge in [0.05, 0.1) is 0 Å². The number of nitrogens with zero attached hydrogens (tertiary/aromatic N) is 1. The lowest BCUT2D eigenvalue weighted by molar-refractivity contribution is 0.738. The smallest absolute Gasteiger partial charge is 0.264 e. The fourth-order valence-corrected chi connectivity index (χ4v) is 3.05. The van der Waals surface area contributed by atoms with Crippen LogP contribution in [0, 0.1) is 0 Å². The van der Waals surface area contributed by atoms with E-state index >= 15 is 0 Å². The predicted octanol–water partition coefficient (Wildman–Crippen LogP) is 3.00. The van der Waals surface area contributed by atoms with Crippen molar-refractivity contribution in [1.29, 1.82) is 0 Å². The van der Waals surface area contributed by atoms with Crippen molar-refractivity contribution in [1.82, 2.24) is 10.2 Å². The Balaban J connectivity index is 1.80. The molecule has 0 aliphatic carbocycles. The molecule has 1 saturated heterocycles. The summed E-state index contributed by atoms with van der Waals surface area (Å²) in [5, 5.41) is 6.78. The van der Waals surface area contributed by atoms with E-state index in [4.69, 9.17) is 23.2 Å². The van der Waals surface area contributed by atoms with E-state index in [1.807, 2.05) is 12.1 Å². The molecule has 0 saturated carbocycles. The van der Waals surface area contributed by atoms with Gasteiger partial charge < -0.3 is 10.00 Å². The van der Waals surface area contributed by atoms with Crippen molar-refractivity contribution in [3.8, 4) is 0 Å². The normalized spacial score (nSPS) is 19.1. The molecule has 100 valence electrons. The van der Waals surface area contributed by atoms with E-state index in [1.165, 1.54) is 0 Å². The van der Waals surface area contributed by atoms with E-state index < -0.39 is 0 Å². The molecule has 2 heterocycles. The zero-order valence-electron chi connectivity index (χ0n) is 10.1. The van der Waals surface area contributed by atoms with Crippen LogP contribution in [-0.2, 0) is 0 Å². The molecule has 1 aromatic heterocycles. The molecule has 1 aliphatic heterocycles. The first kappa shape index (κ1) is 12.6. The van der Waals surface area contributed by atoms with Gasteiger partial charge in [-0.1, -0.05) is 23.2 Å². The molecule has 0 amide bonds. The van der Waals surface area contributed by atoms with Crippen molar-refractivity contribution >= 4 is 28.9 Å². The average Bonchev–Trinajstić information content (AvgIpc) is 2.95. The van der Waals surface area contributed by atoms with Crippen molar-refractivity contribution in [2.75, 3.05) is 18.0 Å². The highest BCUT2D eigenvalue weighted by Gasteiger charge is 2.25. The maximum absolute atomic E-state index is 11.2. The second kappa shape index (κ2) is 4.94. The fourth-order valence-electron chi connectivity index (χ4n) is 2.54. The Hall–Kier alpha value is -1.39. The first-order valence-electron chi connectivity index (χ1n) is 6.10. The Morgan fingerprint density at radius 3 is 2.47 bits per heavy atom. The topological polar surface area (TPSA) is 51.9 Å². The highest BCUT2D eigenvalue weighted by molar-refractivity contribution is 6.35. The third kappa shape index (κ3) is 2.65. The molecule has 1 fully saturated rings. The van der Waals surface area contributed by atoms with Crippen LogP contribution in [0.1, 0.15) is 18.0 Å². The van der Waals surface area contributed by atoms with Gasteiger partial charge in [-0.15, -0.1) is 0 Å². The molecule has 6 heteroatoms. The minimum Gasteiger partial charge on any atom is -0.371 e. The summed E-state index contributed by atoms with van der Waals surface area (Å²) in [5.41, 5.74) is 1.90. The van der Waals surface area contributed by atoms with Crippen LogP contribution in [0.3, 0.4) is 0 Å². The van der Waals surface area contributed by atoms with Gasteiger partial charge in [-0.05, 0) is 24.6 Å². The van der Waals surface area contributed by atoms with Crippen LogP contribution >= 0.6 is 23.2 Å². The molecule has 1 unspecified atom stereocenters. The van der Waals surface area contributed by atoms with E-state index in [1.54, 1.807) is 12.1 Å². The van der Waals surface area contributed by atoms with Gasteiger partial charge in [0.2, 0.25) is 0 Å². The Kier molecular flexibility index (Phi) is 3.29. The van der Waals surface area contributed by atoms with Crippen molar-refractivity contribution in [2.45, 2.75) is 12.3 Å². The molecule has 4 nitrogen and oxygen atoms in total. The highest BCUT2D eigenvalue weighted by Crippen LogP contribution is 2.32. The SMILES string of the molecule is O=c1cc(C2CCN(c3cc(Cl)cc(Cl)c3)C2)[nH][nH]1. The van der Waals surface area contributed by atoms with Crippen molar-refractivity contribution in [3.05, 3.63) is 50.4 Å². The number of hydrogen-bond donors (Lipinski definition) is 2. The number of nitrogens with one attached hydrogen (secondary N) is 2. The van der Waals surface area contributed by atoms with Gasteiger partial charge in [-0.25, -0.2) is 0 Å². The summed E-state index contributed by atoms with van der Waals surface area (Å²) < 4.78 is 0. The molecular weight excluding hydrogens is 285 g/mol. The van der Waals surface area contributed by atoms with Gasteiger partial charge >= 0.3 is 0 Å². The summed E-state index contributed by atoms with van der Waals surface area (Å²) in [6, 6.07) is 7.17. The minimum absolute atomic E-state index is 0.0840. The number of benzene rings is 1. The number of hydrogen-bond acceptors (Lipinski definition) is 2. The molecule has 1 aromatic carbocycles. The van der Waals surface area contributed by atoms with Gasteiger partial charge in [0.1, 0.15) is 0 Å². The van der Waals surface area contributed by atoms with Crippen LogP contribution in [0.15, 0.2) is 29.1 Å². The fraction of sp³-hybridized carbons (Fsp3) is 0.308.